The van der Waals surface area contributed by atoms with Crippen molar-refractivity contribution in [3.8, 4) is 0 Å². The van der Waals surface area contributed by atoms with Crippen LogP contribution >= 0.6 is 0 Å². The van der Waals surface area contributed by atoms with Crippen LogP contribution in [0.25, 0.3) is 10.8 Å². The Bertz CT molecular complexity index is 619. The second-order valence-electron chi connectivity index (χ2n) is 2.76. The molecule has 0 saturated carbocycles. The average molecular weight is 220 g/mol. The van der Waals surface area contributed by atoms with Crippen molar-refractivity contribution >= 4 is 10.8 Å². The van der Waals surface area contributed by atoms with E-state index in [4.69, 9.17) is 0 Å². The molecule has 2 N–H and O–H groups in total. The van der Waals surface area contributed by atoms with E-state index < -0.39 is 33.8 Å². The normalized spacial score (nSPS) is 12.2. The van der Waals surface area contributed by atoms with Crippen LogP contribution in [0, 0.1) is 0 Å². The number of hydrogen-bond donors (Lipinski definition) is 2. The number of rotatable bonds is 0. The van der Waals surface area contributed by atoms with Gasteiger partial charge in [0.1, 0.15) is 11.6 Å². The first kappa shape index (κ1) is 9.56. The van der Waals surface area contributed by atoms with Gasteiger partial charge in [0.15, 0.2) is 0 Å². The van der Waals surface area contributed by atoms with Crippen molar-refractivity contribution in [1.82, 2.24) is 10.2 Å². The molecule has 5 nitrogen and oxygen atoms in total. The third kappa shape index (κ3) is 1.34. The minimum Gasteiger partial charge on any atom is -0.458 e. The number of furan rings is 1. The predicted molar refractivity (Wildman–Crippen MR) is 42.5 cm³/mol. The summed E-state index contributed by atoms with van der Waals surface area (Å²) in [5.74, 6) is -1.47. The lowest BCUT2D eigenvalue weighted by molar-refractivity contribution is -0.151. The third-order valence-corrected chi connectivity index (χ3v) is 1.81. The number of H-pyrrole nitrogens is 2. The van der Waals surface area contributed by atoms with E-state index >= 15 is 0 Å². The van der Waals surface area contributed by atoms with Crippen LogP contribution in [-0.2, 0) is 6.18 Å². The molecule has 0 radical (unpaired) electrons. The molecule has 0 amide bonds. The fourth-order valence-electron chi connectivity index (χ4n) is 1.20. The molecule has 0 atom stereocenters. The summed E-state index contributed by atoms with van der Waals surface area (Å²) in [6.07, 6.45) is -4.20. The molecule has 0 aliphatic heterocycles. The summed E-state index contributed by atoms with van der Waals surface area (Å²) < 4.78 is 41.1. The summed E-state index contributed by atoms with van der Waals surface area (Å²) in [5.41, 5.74) is -1.89. The van der Waals surface area contributed by atoms with Gasteiger partial charge in [-0.1, -0.05) is 0 Å². The Morgan fingerprint density at radius 3 is 2.33 bits per heavy atom. The number of halogens is 3. The van der Waals surface area contributed by atoms with Gasteiger partial charge in [0.05, 0.1) is 5.39 Å². The fourth-order valence-corrected chi connectivity index (χ4v) is 1.20. The van der Waals surface area contributed by atoms with Gasteiger partial charge in [0, 0.05) is 0 Å². The first-order valence-electron chi connectivity index (χ1n) is 3.70. The molecular formula is C7H3F3N2O3. The molecular weight excluding hydrogens is 217 g/mol. The monoisotopic (exact) mass is 220 g/mol. The van der Waals surface area contributed by atoms with E-state index in [2.05, 4.69) is 4.42 Å². The largest absolute Gasteiger partial charge is 0.458 e. The van der Waals surface area contributed by atoms with Gasteiger partial charge >= 0.3 is 6.18 Å². The van der Waals surface area contributed by atoms with E-state index in [-0.39, 0.29) is 0 Å². The van der Waals surface area contributed by atoms with E-state index in [1.807, 2.05) is 5.10 Å². The number of alkyl halides is 3. The van der Waals surface area contributed by atoms with Crippen LogP contribution in [0.2, 0.25) is 0 Å². The van der Waals surface area contributed by atoms with Crippen molar-refractivity contribution in [3.63, 3.8) is 0 Å². The molecule has 2 rings (SSSR count). The highest BCUT2D eigenvalue weighted by molar-refractivity contribution is 5.82. The van der Waals surface area contributed by atoms with Crippen molar-refractivity contribution in [2.45, 2.75) is 6.18 Å². The van der Waals surface area contributed by atoms with Gasteiger partial charge in [0.25, 0.3) is 11.1 Å². The number of aromatic nitrogens is 2. The fraction of sp³-hybridized carbons (Fsp3) is 0.143. The average Bonchev–Trinajstić information content (AvgIpc) is 2.55. The molecule has 0 saturated heterocycles. The van der Waals surface area contributed by atoms with Crippen molar-refractivity contribution in [2.75, 3.05) is 0 Å². The molecule has 0 fully saturated rings. The topological polar surface area (TPSA) is 78.9 Å². The molecule has 0 aliphatic carbocycles. The number of nitrogens with one attached hydrogen (secondary N) is 2. The van der Waals surface area contributed by atoms with E-state index in [9.17, 15) is 22.8 Å². The van der Waals surface area contributed by atoms with Crippen molar-refractivity contribution in [2.24, 2.45) is 0 Å². The SMILES string of the molecule is O=c1[nH][nH]c(=O)c2c(C(F)(F)F)occ12. The number of hydrogen-bond acceptors (Lipinski definition) is 3. The maximum atomic E-state index is 12.3. The van der Waals surface area contributed by atoms with Gasteiger partial charge in [-0.3, -0.25) is 19.8 Å². The molecule has 80 valence electrons. The molecule has 2 aromatic rings. The van der Waals surface area contributed by atoms with E-state index in [0.717, 1.165) is 0 Å². The lowest BCUT2D eigenvalue weighted by atomic mass is 10.2. The summed E-state index contributed by atoms with van der Waals surface area (Å²) in [5, 5.41) is 2.46. The molecule has 15 heavy (non-hydrogen) atoms. The Kier molecular flexibility index (Phi) is 1.75. The van der Waals surface area contributed by atoms with E-state index in [1.54, 1.807) is 5.10 Å². The summed E-state index contributed by atoms with van der Waals surface area (Å²) in [4.78, 5) is 22.1. The van der Waals surface area contributed by atoms with Gasteiger partial charge in [-0.15, -0.1) is 0 Å². The molecule has 0 unspecified atom stereocenters. The van der Waals surface area contributed by atoms with Gasteiger partial charge in [0.2, 0.25) is 5.76 Å². The Morgan fingerprint density at radius 2 is 1.73 bits per heavy atom. The summed E-state index contributed by atoms with van der Waals surface area (Å²) in [7, 11) is 0. The van der Waals surface area contributed by atoms with Crippen LogP contribution in [0.3, 0.4) is 0 Å². The van der Waals surface area contributed by atoms with E-state index in [0.29, 0.717) is 6.26 Å². The zero-order valence-electron chi connectivity index (χ0n) is 6.94. The smallest absolute Gasteiger partial charge is 0.450 e. The number of fused-ring (bicyclic) bond motifs is 1. The Hall–Kier alpha value is -1.99. The molecule has 8 heteroatoms. The lowest BCUT2D eigenvalue weighted by Crippen LogP contribution is -2.20. The summed E-state index contributed by atoms with van der Waals surface area (Å²) in [6.45, 7) is 0. The van der Waals surface area contributed by atoms with Crippen molar-refractivity contribution in [3.05, 3.63) is 32.7 Å². The van der Waals surface area contributed by atoms with Gasteiger partial charge in [-0.05, 0) is 0 Å². The van der Waals surface area contributed by atoms with Crippen LogP contribution in [0.4, 0.5) is 13.2 Å². The molecule has 0 aromatic carbocycles. The minimum atomic E-state index is -4.80. The Labute approximate surface area is 78.5 Å². The maximum absolute atomic E-state index is 12.3. The van der Waals surface area contributed by atoms with Gasteiger partial charge < -0.3 is 4.42 Å². The second kappa shape index (κ2) is 2.75. The molecule has 0 aliphatic rings. The van der Waals surface area contributed by atoms with Gasteiger partial charge in [-0.25, -0.2) is 0 Å². The Morgan fingerprint density at radius 1 is 1.13 bits per heavy atom. The highest BCUT2D eigenvalue weighted by Gasteiger charge is 2.38. The zero-order chi connectivity index (χ0) is 11.2. The van der Waals surface area contributed by atoms with Crippen LogP contribution in [-0.4, -0.2) is 10.2 Å². The van der Waals surface area contributed by atoms with Crippen LogP contribution in [0.5, 0.6) is 0 Å². The summed E-state index contributed by atoms with van der Waals surface area (Å²) in [6, 6.07) is 0. The first-order chi connectivity index (χ1) is 6.91. The third-order valence-electron chi connectivity index (χ3n) is 1.81. The highest BCUT2D eigenvalue weighted by atomic mass is 19.4. The molecule has 0 bridgehead atoms. The standard InChI is InChI=1S/C7H3F3N2O3/c8-7(9,10)4-3-2(1-15-4)5(13)11-12-6(3)14/h1H,(H,11,13)(H,12,14). The van der Waals surface area contributed by atoms with Crippen molar-refractivity contribution in [1.29, 1.82) is 0 Å². The maximum Gasteiger partial charge on any atom is 0.450 e. The van der Waals surface area contributed by atoms with Gasteiger partial charge in [-0.2, -0.15) is 13.2 Å². The highest BCUT2D eigenvalue weighted by Crippen LogP contribution is 2.33. The zero-order valence-corrected chi connectivity index (χ0v) is 6.94. The van der Waals surface area contributed by atoms with Crippen LogP contribution in [0.15, 0.2) is 20.3 Å². The van der Waals surface area contributed by atoms with E-state index in [1.165, 1.54) is 0 Å². The van der Waals surface area contributed by atoms with Crippen LogP contribution < -0.4 is 11.1 Å². The molecule has 0 spiro atoms. The predicted octanol–water partition coefficient (Wildman–Crippen LogP) is 0.828. The molecule has 2 aromatic heterocycles. The Balaban J connectivity index is 2.98. The van der Waals surface area contributed by atoms with Crippen LogP contribution in [0.1, 0.15) is 5.76 Å². The molecule has 2 heterocycles. The number of aromatic amines is 2. The quantitative estimate of drug-likeness (QED) is 0.690. The minimum absolute atomic E-state index is 0.425. The van der Waals surface area contributed by atoms with Crippen molar-refractivity contribution < 1.29 is 17.6 Å². The lowest BCUT2D eigenvalue weighted by Gasteiger charge is -2.00. The first-order valence-corrected chi connectivity index (χ1v) is 3.70. The second-order valence-corrected chi connectivity index (χ2v) is 2.76. The summed E-state index contributed by atoms with van der Waals surface area (Å²) >= 11 is 0.